The molecule has 0 amide bonds. The lowest BCUT2D eigenvalue weighted by atomic mass is 10.2. The van der Waals surface area contributed by atoms with Gasteiger partial charge in [0.1, 0.15) is 0 Å². The van der Waals surface area contributed by atoms with Gasteiger partial charge in [0.25, 0.3) is 0 Å². The van der Waals surface area contributed by atoms with Gasteiger partial charge in [-0.15, -0.1) is 11.8 Å². The van der Waals surface area contributed by atoms with E-state index < -0.39 is 5.97 Å². The van der Waals surface area contributed by atoms with Gasteiger partial charge in [-0.05, 0) is 24.1 Å². The summed E-state index contributed by atoms with van der Waals surface area (Å²) in [6.45, 7) is 2.06. The molecule has 0 radical (unpaired) electrons. The Balaban J connectivity index is 2.75. The fourth-order valence-electron chi connectivity index (χ4n) is 1.05. The van der Waals surface area contributed by atoms with Crippen molar-refractivity contribution < 1.29 is 15.0 Å². The fraction of sp³-hybridized carbons (Fsp3) is 0.364. The highest BCUT2D eigenvalue weighted by atomic mass is 35.5. The summed E-state index contributed by atoms with van der Waals surface area (Å²) in [5.74, 6) is -0.0893. The zero-order valence-electron chi connectivity index (χ0n) is 8.81. The van der Waals surface area contributed by atoms with E-state index in [2.05, 4.69) is 0 Å². The van der Waals surface area contributed by atoms with Crippen LogP contribution in [0.4, 0.5) is 0 Å². The average Bonchev–Trinajstić information content (AvgIpc) is 2.27. The van der Waals surface area contributed by atoms with Crippen molar-refractivity contribution in [3.05, 3.63) is 28.8 Å². The lowest BCUT2D eigenvalue weighted by Crippen LogP contribution is -2.03. The number of carbonyl (C=O) groups is 1. The molecule has 0 aliphatic rings. The molecule has 0 aliphatic carbocycles. The van der Waals surface area contributed by atoms with Gasteiger partial charge in [0.05, 0.1) is 10.6 Å². The normalized spacial score (nSPS) is 12.4. The van der Waals surface area contributed by atoms with Crippen molar-refractivity contribution in [1.82, 2.24) is 0 Å². The first kappa shape index (κ1) is 13.4. The summed E-state index contributed by atoms with van der Waals surface area (Å²) in [4.78, 5) is 11.7. The lowest BCUT2D eigenvalue weighted by Gasteiger charge is -2.08. The summed E-state index contributed by atoms with van der Waals surface area (Å²) < 4.78 is 0. The van der Waals surface area contributed by atoms with Crippen LogP contribution in [0.25, 0.3) is 0 Å². The van der Waals surface area contributed by atoms with E-state index in [4.69, 9.17) is 21.8 Å². The van der Waals surface area contributed by atoms with Crippen LogP contribution in [0.1, 0.15) is 17.3 Å². The van der Waals surface area contributed by atoms with Crippen LogP contribution in [0, 0.1) is 5.92 Å². The average molecular weight is 261 g/mol. The van der Waals surface area contributed by atoms with Crippen molar-refractivity contribution in [3.63, 3.8) is 0 Å². The van der Waals surface area contributed by atoms with E-state index in [-0.39, 0.29) is 23.1 Å². The largest absolute Gasteiger partial charge is 0.478 e. The molecule has 1 aromatic rings. The predicted octanol–water partition coefficient (Wildman–Crippen LogP) is 2.76. The molecule has 16 heavy (non-hydrogen) atoms. The molecular formula is C11H13ClO3S. The molecule has 0 saturated heterocycles. The predicted molar refractivity (Wildman–Crippen MR) is 65.4 cm³/mol. The Bertz CT molecular complexity index is 381. The second-order valence-corrected chi connectivity index (χ2v) is 5.05. The minimum atomic E-state index is -1.03. The fourth-order valence-corrected chi connectivity index (χ4v) is 2.20. The number of carboxylic acid groups (broad SMARTS) is 1. The highest BCUT2D eigenvalue weighted by Gasteiger charge is 2.10. The van der Waals surface area contributed by atoms with Gasteiger partial charge >= 0.3 is 5.97 Å². The van der Waals surface area contributed by atoms with Crippen LogP contribution in [0.2, 0.25) is 5.02 Å². The van der Waals surface area contributed by atoms with Gasteiger partial charge in [-0.25, -0.2) is 4.79 Å². The number of rotatable bonds is 5. The first-order valence-corrected chi connectivity index (χ1v) is 6.17. The monoisotopic (exact) mass is 260 g/mol. The number of hydrogen-bond donors (Lipinski definition) is 2. The van der Waals surface area contributed by atoms with Gasteiger partial charge in [-0.3, -0.25) is 0 Å². The van der Waals surface area contributed by atoms with Crippen LogP contribution in [0.5, 0.6) is 0 Å². The molecule has 1 aromatic carbocycles. The molecule has 3 nitrogen and oxygen atoms in total. The zero-order valence-corrected chi connectivity index (χ0v) is 10.4. The smallest absolute Gasteiger partial charge is 0.337 e. The van der Waals surface area contributed by atoms with Crippen LogP contribution in [0.15, 0.2) is 23.1 Å². The van der Waals surface area contributed by atoms with Gasteiger partial charge in [-0.2, -0.15) is 0 Å². The van der Waals surface area contributed by atoms with Crippen LogP contribution in [-0.4, -0.2) is 28.5 Å². The summed E-state index contributed by atoms with van der Waals surface area (Å²) in [5, 5.41) is 18.0. The molecule has 0 bridgehead atoms. The molecule has 0 heterocycles. The molecule has 1 atom stereocenters. The standard InChI is InChI=1S/C11H13ClO3S/c1-7(5-13)6-16-8-2-3-10(12)9(4-8)11(14)15/h2-4,7,13H,5-6H2,1H3,(H,14,15). The van der Waals surface area contributed by atoms with E-state index in [9.17, 15) is 4.79 Å². The quantitative estimate of drug-likeness (QED) is 0.800. The van der Waals surface area contributed by atoms with E-state index >= 15 is 0 Å². The molecule has 1 rings (SSSR count). The van der Waals surface area contributed by atoms with Gasteiger partial charge in [0.15, 0.2) is 0 Å². The van der Waals surface area contributed by atoms with E-state index in [1.807, 2.05) is 6.92 Å². The number of hydrogen-bond acceptors (Lipinski definition) is 3. The Kier molecular flexibility index (Phi) is 5.12. The minimum absolute atomic E-state index is 0.114. The number of aliphatic hydroxyl groups is 1. The molecule has 0 aromatic heterocycles. The topological polar surface area (TPSA) is 57.5 Å². The number of aliphatic hydroxyl groups excluding tert-OH is 1. The van der Waals surface area contributed by atoms with Crippen LogP contribution >= 0.6 is 23.4 Å². The Morgan fingerprint density at radius 1 is 1.56 bits per heavy atom. The third-order valence-electron chi connectivity index (χ3n) is 2.01. The first-order chi connectivity index (χ1) is 7.54. The molecule has 0 saturated carbocycles. The molecular weight excluding hydrogens is 248 g/mol. The van der Waals surface area contributed by atoms with E-state index in [1.54, 1.807) is 18.2 Å². The third kappa shape index (κ3) is 3.70. The molecule has 0 spiro atoms. The molecule has 2 N–H and O–H groups in total. The number of thioether (sulfide) groups is 1. The van der Waals surface area contributed by atoms with Crippen molar-refractivity contribution >= 4 is 29.3 Å². The number of benzene rings is 1. The lowest BCUT2D eigenvalue weighted by molar-refractivity contribution is 0.0697. The van der Waals surface area contributed by atoms with Crippen LogP contribution in [0.3, 0.4) is 0 Å². The van der Waals surface area contributed by atoms with Crippen LogP contribution < -0.4 is 0 Å². The summed E-state index contributed by atoms with van der Waals surface area (Å²) in [6, 6.07) is 4.92. The number of halogens is 1. The second kappa shape index (κ2) is 6.13. The van der Waals surface area contributed by atoms with Crippen molar-refractivity contribution in [2.75, 3.05) is 12.4 Å². The third-order valence-corrected chi connectivity index (χ3v) is 3.67. The van der Waals surface area contributed by atoms with Crippen molar-refractivity contribution in [2.24, 2.45) is 5.92 Å². The maximum Gasteiger partial charge on any atom is 0.337 e. The van der Waals surface area contributed by atoms with E-state index in [0.717, 1.165) is 10.6 Å². The van der Waals surface area contributed by atoms with Crippen molar-refractivity contribution in [1.29, 1.82) is 0 Å². The SMILES string of the molecule is CC(CO)CSc1ccc(Cl)c(C(=O)O)c1. The van der Waals surface area contributed by atoms with Gasteiger partial charge in [0.2, 0.25) is 0 Å². The zero-order chi connectivity index (χ0) is 12.1. The molecule has 1 unspecified atom stereocenters. The van der Waals surface area contributed by atoms with Crippen molar-refractivity contribution in [3.8, 4) is 0 Å². The maximum atomic E-state index is 10.8. The second-order valence-electron chi connectivity index (χ2n) is 3.55. The highest BCUT2D eigenvalue weighted by molar-refractivity contribution is 7.99. The molecule has 5 heteroatoms. The van der Waals surface area contributed by atoms with Crippen molar-refractivity contribution in [2.45, 2.75) is 11.8 Å². The Morgan fingerprint density at radius 3 is 2.81 bits per heavy atom. The van der Waals surface area contributed by atoms with Gasteiger partial charge in [-0.1, -0.05) is 18.5 Å². The van der Waals surface area contributed by atoms with E-state index in [0.29, 0.717) is 0 Å². The van der Waals surface area contributed by atoms with E-state index in [1.165, 1.54) is 11.8 Å². The van der Waals surface area contributed by atoms with Gasteiger partial charge in [0, 0.05) is 17.3 Å². The maximum absolute atomic E-state index is 10.8. The number of carboxylic acids is 1. The first-order valence-electron chi connectivity index (χ1n) is 4.81. The minimum Gasteiger partial charge on any atom is -0.478 e. The Labute approximate surface area is 103 Å². The highest BCUT2D eigenvalue weighted by Crippen LogP contribution is 2.25. The summed E-state index contributed by atoms with van der Waals surface area (Å²) in [7, 11) is 0. The van der Waals surface area contributed by atoms with Gasteiger partial charge < -0.3 is 10.2 Å². The Morgan fingerprint density at radius 2 is 2.25 bits per heavy atom. The van der Waals surface area contributed by atoms with Crippen LogP contribution in [-0.2, 0) is 0 Å². The Hall–Kier alpha value is -0.710. The summed E-state index contributed by atoms with van der Waals surface area (Å²) in [6.07, 6.45) is 0. The molecule has 0 fully saturated rings. The summed E-state index contributed by atoms with van der Waals surface area (Å²) >= 11 is 7.26. The molecule has 88 valence electrons. The summed E-state index contributed by atoms with van der Waals surface area (Å²) in [5.41, 5.74) is 0.114. The molecule has 0 aliphatic heterocycles. The number of aromatic carboxylic acids is 1.